The van der Waals surface area contributed by atoms with Gasteiger partial charge in [-0.05, 0) is 47.5 Å². The Bertz CT molecular complexity index is 814. The van der Waals surface area contributed by atoms with Crippen LogP contribution in [0.3, 0.4) is 0 Å². The van der Waals surface area contributed by atoms with Crippen LogP contribution in [0.5, 0.6) is 11.5 Å². The maximum absolute atomic E-state index is 12.5. The average Bonchev–Trinajstić information content (AvgIpc) is 2.70. The Morgan fingerprint density at radius 1 is 0.769 bits per heavy atom. The first kappa shape index (κ1) is 19.0. The van der Waals surface area contributed by atoms with Crippen LogP contribution in [0.1, 0.15) is 11.1 Å². The Morgan fingerprint density at radius 3 is 1.73 bits per heavy atom. The quantitative estimate of drug-likeness (QED) is 0.330. The zero-order valence-electron chi connectivity index (χ0n) is 14.9. The number of hydrogen-bond donors (Lipinski definition) is 0. The summed E-state index contributed by atoms with van der Waals surface area (Å²) in [5, 5.41) is 0. The van der Waals surface area contributed by atoms with Crippen LogP contribution in [0, 0.1) is 0 Å². The highest BCUT2D eigenvalue weighted by Crippen LogP contribution is 2.16. The molecular formula is C21H20O5. The molecular weight excluding hydrogens is 332 g/mol. The number of benzene rings is 2. The maximum atomic E-state index is 12.5. The number of ketones is 1. The normalized spacial score (nSPS) is 11.3. The van der Waals surface area contributed by atoms with Gasteiger partial charge in [0.15, 0.2) is 5.78 Å². The Balaban J connectivity index is 2.24. The van der Waals surface area contributed by atoms with E-state index in [0.29, 0.717) is 11.3 Å². The van der Waals surface area contributed by atoms with Crippen molar-refractivity contribution in [3.63, 3.8) is 0 Å². The van der Waals surface area contributed by atoms with Crippen molar-refractivity contribution in [2.24, 2.45) is 0 Å². The van der Waals surface area contributed by atoms with E-state index in [4.69, 9.17) is 14.2 Å². The molecule has 0 N–H and O–H groups in total. The number of esters is 1. The fourth-order valence-corrected chi connectivity index (χ4v) is 2.18. The lowest BCUT2D eigenvalue weighted by molar-refractivity contribution is -0.137. The molecule has 26 heavy (non-hydrogen) atoms. The molecule has 0 fully saturated rings. The van der Waals surface area contributed by atoms with E-state index >= 15 is 0 Å². The smallest absolute Gasteiger partial charge is 0.341 e. The van der Waals surface area contributed by atoms with Crippen molar-refractivity contribution < 1.29 is 23.8 Å². The summed E-state index contributed by atoms with van der Waals surface area (Å²) in [5.41, 5.74) is 1.45. The summed E-state index contributed by atoms with van der Waals surface area (Å²) in [6.45, 7) is 0. The second kappa shape index (κ2) is 9.22. The highest BCUT2D eigenvalue weighted by molar-refractivity contribution is 6.25. The van der Waals surface area contributed by atoms with Crippen molar-refractivity contribution in [3.05, 3.63) is 71.3 Å². The lowest BCUT2D eigenvalue weighted by Gasteiger charge is -2.04. The van der Waals surface area contributed by atoms with E-state index in [2.05, 4.69) is 0 Å². The molecule has 0 spiro atoms. The van der Waals surface area contributed by atoms with Crippen LogP contribution >= 0.6 is 0 Å². The lowest BCUT2D eigenvalue weighted by atomic mass is 10.1. The average molecular weight is 352 g/mol. The summed E-state index contributed by atoms with van der Waals surface area (Å²) in [5.74, 6) is 0.282. The Hall–Kier alpha value is -3.34. The standard InChI is InChI=1S/C21H20O5/c1-24-17-9-4-15(5-10-17)8-13-20(22)19(21(23)26-3)14-16-6-11-18(25-2)12-7-16/h4-14H,1-3H3/b13-8+,19-14-. The van der Waals surface area contributed by atoms with Crippen molar-refractivity contribution in [2.45, 2.75) is 0 Å². The number of rotatable bonds is 7. The van der Waals surface area contributed by atoms with Crippen LogP contribution < -0.4 is 9.47 Å². The van der Waals surface area contributed by atoms with Crippen LogP contribution in [0.4, 0.5) is 0 Å². The summed E-state index contributed by atoms with van der Waals surface area (Å²) in [7, 11) is 4.39. The fraction of sp³-hybridized carbons (Fsp3) is 0.143. The van der Waals surface area contributed by atoms with E-state index in [9.17, 15) is 9.59 Å². The van der Waals surface area contributed by atoms with Crippen molar-refractivity contribution in [1.29, 1.82) is 0 Å². The monoisotopic (exact) mass is 352 g/mol. The minimum atomic E-state index is -0.690. The molecule has 0 aliphatic carbocycles. The molecule has 5 heteroatoms. The molecule has 0 saturated carbocycles. The van der Waals surface area contributed by atoms with E-state index < -0.39 is 11.8 Å². The topological polar surface area (TPSA) is 61.8 Å². The van der Waals surface area contributed by atoms with Gasteiger partial charge in [-0.25, -0.2) is 4.79 Å². The summed E-state index contributed by atoms with van der Waals surface area (Å²) in [6, 6.07) is 14.2. The molecule has 2 rings (SSSR count). The van der Waals surface area contributed by atoms with Crippen LogP contribution in [-0.2, 0) is 14.3 Å². The minimum absolute atomic E-state index is 0.0533. The summed E-state index contributed by atoms with van der Waals surface area (Å²) in [6.07, 6.45) is 4.46. The van der Waals surface area contributed by atoms with Crippen molar-refractivity contribution in [3.8, 4) is 11.5 Å². The third-order valence-corrected chi connectivity index (χ3v) is 3.64. The van der Waals surface area contributed by atoms with E-state index in [1.54, 1.807) is 56.7 Å². The minimum Gasteiger partial charge on any atom is -0.497 e. The number of carbonyl (C=O) groups is 2. The van der Waals surface area contributed by atoms with Crippen LogP contribution in [0.2, 0.25) is 0 Å². The third-order valence-electron chi connectivity index (χ3n) is 3.64. The predicted molar refractivity (Wildman–Crippen MR) is 100 cm³/mol. The van der Waals surface area contributed by atoms with Gasteiger partial charge >= 0.3 is 5.97 Å². The molecule has 5 nitrogen and oxygen atoms in total. The molecule has 0 unspecified atom stereocenters. The molecule has 0 radical (unpaired) electrons. The van der Waals surface area contributed by atoms with Gasteiger partial charge in [0.1, 0.15) is 17.1 Å². The van der Waals surface area contributed by atoms with Gasteiger partial charge in [-0.3, -0.25) is 4.79 Å². The first-order valence-corrected chi connectivity index (χ1v) is 7.88. The molecule has 0 aliphatic rings. The van der Waals surface area contributed by atoms with Gasteiger partial charge < -0.3 is 14.2 Å². The predicted octanol–water partition coefficient (Wildman–Crippen LogP) is 3.54. The summed E-state index contributed by atoms with van der Waals surface area (Å²) >= 11 is 0. The SMILES string of the molecule is COC(=O)/C(=C\c1ccc(OC)cc1)C(=O)/C=C/c1ccc(OC)cc1. The second-order valence-corrected chi connectivity index (χ2v) is 5.29. The number of carbonyl (C=O) groups excluding carboxylic acids is 2. The van der Waals surface area contributed by atoms with E-state index in [-0.39, 0.29) is 5.57 Å². The molecule has 0 aromatic heterocycles. The molecule has 0 bridgehead atoms. The van der Waals surface area contributed by atoms with E-state index in [0.717, 1.165) is 11.3 Å². The molecule has 0 saturated heterocycles. The molecule has 0 atom stereocenters. The highest BCUT2D eigenvalue weighted by Gasteiger charge is 2.16. The zero-order chi connectivity index (χ0) is 18.9. The van der Waals surface area contributed by atoms with Gasteiger partial charge in [-0.15, -0.1) is 0 Å². The molecule has 134 valence electrons. The summed E-state index contributed by atoms with van der Waals surface area (Å²) < 4.78 is 14.9. The van der Waals surface area contributed by atoms with Gasteiger partial charge in [0.05, 0.1) is 21.3 Å². The van der Waals surface area contributed by atoms with Crippen LogP contribution in [0.15, 0.2) is 60.2 Å². The summed E-state index contributed by atoms with van der Waals surface area (Å²) in [4.78, 5) is 24.5. The Morgan fingerprint density at radius 2 is 1.27 bits per heavy atom. The Labute approximate surface area is 152 Å². The Kier molecular flexibility index (Phi) is 6.74. The number of methoxy groups -OCH3 is 3. The lowest BCUT2D eigenvalue weighted by Crippen LogP contribution is -2.12. The van der Waals surface area contributed by atoms with Crippen molar-refractivity contribution in [1.82, 2.24) is 0 Å². The number of ether oxygens (including phenoxy) is 3. The molecule has 0 aliphatic heterocycles. The first-order chi connectivity index (χ1) is 12.6. The van der Waals surface area contributed by atoms with Crippen LogP contribution in [0.25, 0.3) is 12.2 Å². The van der Waals surface area contributed by atoms with Crippen molar-refractivity contribution in [2.75, 3.05) is 21.3 Å². The molecule has 2 aromatic carbocycles. The van der Waals surface area contributed by atoms with Gasteiger partial charge in [0.25, 0.3) is 0 Å². The van der Waals surface area contributed by atoms with Gasteiger partial charge in [0, 0.05) is 0 Å². The largest absolute Gasteiger partial charge is 0.497 e. The maximum Gasteiger partial charge on any atom is 0.341 e. The van der Waals surface area contributed by atoms with Gasteiger partial charge in [-0.2, -0.15) is 0 Å². The van der Waals surface area contributed by atoms with E-state index in [1.807, 2.05) is 12.1 Å². The number of allylic oxidation sites excluding steroid dienone is 1. The fourth-order valence-electron chi connectivity index (χ4n) is 2.18. The number of hydrogen-bond acceptors (Lipinski definition) is 5. The first-order valence-electron chi connectivity index (χ1n) is 7.88. The third kappa shape index (κ3) is 5.08. The van der Waals surface area contributed by atoms with E-state index in [1.165, 1.54) is 19.3 Å². The zero-order valence-corrected chi connectivity index (χ0v) is 14.9. The van der Waals surface area contributed by atoms with Gasteiger partial charge in [-0.1, -0.05) is 30.3 Å². The molecule has 0 heterocycles. The molecule has 0 amide bonds. The molecule has 2 aromatic rings. The van der Waals surface area contributed by atoms with Gasteiger partial charge in [0.2, 0.25) is 0 Å². The second-order valence-electron chi connectivity index (χ2n) is 5.29. The van der Waals surface area contributed by atoms with Crippen molar-refractivity contribution >= 4 is 23.9 Å². The highest BCUT2D eigenvalue weighted by atomic mass is 16.5. The van der Waals surface area contributed by atoms with Crippen LogP contribution in [-0.4, -0.2) is 33.1 Å².